The van der Waals surface area contributed by atoms with Crippen LogP contribution >= 0.6 is 0 Å². The van der Waals surface area contributed by atoms with Gasteiger partial charge in [0.2, 0.25) is 0 Å². The second-order valence-electron chi connectivity index (χ2n) is 3.70. The van der Waals surface area contributed by atoms with E-state index in [9.17, 15) is 9.70 Å². The van der Waals surface area contributed by atoms with Crippen molar-refractivity contribution in [1.82, 2.24) is 0 Å². The second kappa shape index (κ2) is 5.72. The highest BCUT2D eigenvalue weighted by atomic mass is 16.5. The number of carbonyl (C=O) groups excluding carboxylic acids is 1. The molecule has 0 saturated carbocycles. The van der Waals surface area contributed by atoms with E-state index in [0.29, 0.717) is 12.9 Å². The summed E-state index contributed by atoms with van der Waals surface area (Å²) in [5.41, 5.74) is 1.21. The molecule has 2 rings (SSSR count). The molecule has 0 amide bonds. The zero-order valence-corrected chi connectivity index (χ0v) is 9.58. The molecule has 0 bridgehead atoms. The SMILES string of the molecule is O=Cc1ccc(COc2ccccc2)cc1N=O. The number of aldehydes is 1. The van der Waals surface area contributed by atoms with Crippen LogP contribution in [-0.2, 0) is 6.61 Å². The Morgan fingerprint density at radius 3 is 2.56 bits per heavy atom. The van der Waals surface area contributed by atoms with Gasteiger partial charge in [-0.2, -0.15) is 0 Å². The lowest BCUT2D eigenvalue weighted by Crippen LogP contribution is -1.95. The Morgan fingerprint density at radius 1 is 1.11 bits per heavy atom. The number of nitrogens with zero attached hydrogens (tertiary/aromatic N) is 1. The fourth-order valence-electron chi connectivity index (χ4n) is 1.54. The Bertz CT molecular complexity index is 552. The van der Waals surface area contributed by atoms with E-state index in [1.54, 1.807) is 18.2 Å². The predicted octanol–water partition coefficient (Wildman–Crippen LogP) is 3.48. The van der Waals surface area contributed by atoms with Crippen molar-refractivity contribution >= 4 is 12.0 Å². The van der Waals surface area contributed by atoms with Crippen molar-refractivity contribution in [2.45, 2.75) is 6.61 Å². The monoisotopic (exact) mass is 241 g/mol. The van der Waals surface area contributed by atoms with E-state index in [4.69, 9.17) is 4.74 Å². The summed E-state index contributed by atoms with van der Waals surface area (Å²) in [6.07, 6.45) is 0.610. The van der Waals surface area contributed by atoms with Gasteiger partial charge in [0.05, 0.1) is 0 Å². The van der Waals surface area contributed by atoms with Gasteiger partial charge >= 0.3 is 0 Å². The van der Waals surface area contributed by atoms with Crippen molar-refractivity contribution < 1.29 is 9.53 Å². The van der Waals surface area contributed by atoms with Crippen LogP contribution < -0.4 is 4.74 Å². The maximum Gasteiger partial charge on any atom is 0.152 e. The molecule has 2 aromatic rings. The zero-order valence-electron chi connectivity index (χ0n) is 9.58. The molecule has 0 heterocycles. The van der Waals surface area contributed by atoms with Gasteiger partial charge in [-0.05, 0) is 35.0 Å². The Labute approximate surface area is 104 Å². The van der Waals surface area contributed by atoms with Crippen LogP contribution in [0.4, 0.5) is 5.69 Å². The van der Waals surface area contributed by atoms with Gasteiger partial charge in [0.25, 0.3) is 0 Å². The molecular formula is C14H11NO3. The molecule has 18 heavy (non-hydrogen) atoms. The first-order chi connectivity index (χ1) is 8.83. The first-order valence-corrected chi connectivity index (χ1v) is 5.43. The van der Waals surface area contributed by atoms with Crippen molar-refractivity contribution in [3.63, 3.8) is 0 Å². The van der Waals surface area contributed by atoms with E-state index in [2.05, 4.69) is 5.18 Å². The average molecular weight is 241 g/mol. The molecule has 0 aliphatic rings. The summed E-state index contributed by atoms with van der Waals surface area (Å²) >= 11 is 0. The molecule has 4 nitrogen and oxygen atoms in total. The Morgan fingerprint density at radius 2 is 1.89 bits per heavy atom. The third-order valence-electron chi connectivity index (χ3n) is 2.47. The molecule has 0 N–H and O–H groups in total. The summed E-state index contributed by atoms with van der Waals surface area (Å²) in [5, 5.41) is 2.82. The number of benzene rings is 2. The first-order valence-electron chi connectivity index (χ1n) is 5.43. The zero-order chi connectivity index (χ0) is 12.8. The molecule has 0 fully saturated rings. The lowest BCUT2D eigenvalue weighted by molar-refractivity contribution is 0.112. The molecular weight excluding hydrogens is 230 g/mol. The molecule has 0 saturated heterocycles. The second-order valence-corrected chi connectivity index (χ2v) is 3.70. The van der Waals surface area contributed by atoms with Gasteiger partial charge in [0.15, 0.2) is 6.29 Å². The van der Waals surface area contributed by atoms with Crippen molar-refractivity contribution in [3.8, 4) is 5.75 Å². The van der Waals surface area contributed by atoms with Crippen molar-refractivity contribution in [2.24, 2.45) is 5.18 Å². The fourth-order valence-corrected chi connectivity index (χ4v) is 1.54. The molecule has 0 radical (unpaired) electrons. The molecule has 0 spiro atoms. The summed E-state index contributed by atoms with van der Waals surface area (Å²) in [6.45, 7) is 0.325. The Kier molecular flexibility index (Phi) is 3.81. The molecule has 90 valence electrons. The van der Waals surface area contributed by atoms with E-state index < -0.39 is 0 Å². The smallest absolute Gasteiger partial charge is 0.152 e. The normalized spacial score (nSPS) is 9.78. The highest BCUT2D eigenvalue weighted by Gasteiger charge is 2.04. The van der Waals surface area contributed by atoms with E-state index >= 15 is 0 Å². The van der Waals surface area contributed by atoms with Gasteiger partial charge in [0, 0.05) is 5.56 Å². The van der Waals surface area contributed by atoms with Crippen LogP contribution in [0.3, 0.4) is 0 Å². The lowest BCUT2D eigenvalue weighted by atomic mass is 10.1. The van der Waals surface area contributed by atoms with E-state index in [1.807, 2.05) is 30.3 Å². The third kappa shape index (κ3) is 2.79. The number of hydrogen-bond donors (Lipinski definition) is 0. The molecule has 0 aromatic heterocycles. The Balaban J connectivity index is 2.10. The Hall–Kier alpha value is -2.49. The predicted molar refractivity (Wildman–Crippen MR) is 68.1 cm³/mol. The van der Waals surface area contributed by atoms with Crippen LogP contribution in [0.5, 0.6) is 5.75 Å². The quantitative estimate of drug-likeness (QED) is 0.594. The van der Waals surface area contributed by atoms with Crippen LogP contribution in [0, 0.1) is 4.91 Å². The van der Waals surface area contributed by atoms with E-state index in [0.717, 1.165) is 11.3 Å². The maximum atomic E-state index is 10.6. The standard InChI is InChI=1S/C14H11NO3/c16-9-12-7-6-11(8-14(12)15-17)10-18-13-4-2-1-3-5-13/h1-9H,10H2. The minimum absolute atomic E-state index is 0.138. The van der Waals surface area contributed by atoms with Crippen LogP contribution in [0.2, 0.25) is 0 Å². The first kappa shape index (κ1) is 12.0. The average Bonchev–Trinajstić information content (AvgIpc) is 2.45. The number of nitroso groups, excluding NO2 is 1. The van der Waals surface area contributed by atoms with Gasteiger partial charge in [-0.25, -0.2) is 0 Å². The number of para-hydroxylation sites is 1. The van der Waals surface area contributed by atoms with Gasteiger partial charge in [-0.3, -0.25) is 4.79 Å². The molecule has 4 heteroatoms. The van der Waals surface area contributed by atoms with Crippen LogP contribution in [-0.4, -0.2) is 6.29 Å². The van der Waals surface area contributed by atoms with Gasteiger partial charge in [-0.1, -0.05) is 24.3 Å². The third-order valence-corrected chi connectivity index (χ3v) is 2.47. The number of ether oxygens (including phenoxy) is 1. The topological polar surface area (TPSA) is 55.7 Å². The van der Waals surface area contributed by atoms with Crippen LogP contribution in [0.25, 0.3) is 0 Å². The van der Waals surface area contributed by atoms with Crippen LogP contribution in [0.15, 0.2) is 53.7 Å². The summed E-state index contributed by atoms with van der Waals surface area (Å²) in [7, 11) is 0. The lowest BCUT2D eigenvalue weighted by Gasteiger charge is -2.06. The van der Waals surface area contributed by atoms with Gasteiger partial charge in [0.1, 0.15) is 18.0 Å². The minimum Gasteiger partial charge on any atom is -0.489 e. The van der Waals surface area contributed by atoms with E-state index in [-0.39, 0.29) is 11.3 Å². The summed E-state index contributed by atoms with van der Waals surface area (Å²) in [6, 6.07) is 14.2. The number of carbonyl (C=O) groups is 1. The van der Waals surface area contributed by atoms with Crippen molar-refractivity contribution in [3.05, 3.63) is 64.6 Å². The summed E-state index contributed by atoms with van der Waals surface area (Å²) in [5.74, 6) is 0.748. The van der Waals surface area contributed by atoms with E-state index in [1.165, 1.54) is 0 Å². The van der Waals surface area contributed by atoms with Crippen molar-refractivity contribution in [1.29, 1.82) is 0 Å². The fraction of sp³-hybridized carbons (Fsp3) is 0.0714. The maximum absolute atomic E-state index is 10.6. The van der Waals surface area contributed by atoms with Gasteiger partial charge in [-0.15, -0.1) is 4.91 Å². The van der Waals surface area contributed by atoms with Crippen molar-refractivity contribution in [2.75, 3.05) is 0 Å². The van der Waals surface area contributed by atoms with Crippen LogP contribution in [0.1, 0.15) is 15.9 Å². The largest absolute Gasteiger partial charge is 0.489 e. The summed E-state index contributed by atoms with van der Waals surface area (Å²) in [4.78, 5) is 21.2. The molecule has 0 unspecified atom stereocenters. The van der Waals surface area contributed by atoms with Gasteiger partial charge < -0.3 is 4.74 Å². The highest BCUT2D eigenvalue weighted by Crippen LogP contribution is 2.20. The number of hydrogen-bond acceptors (Lipinski definition) is 4. The molecule has 0 atom stereocenters. The number of rotatable bonds is 5. The minimum atomic E-state index is 0.138. The summed E-state index contributed by atoms with van der Waals surface area (Å²) < 4.78 is 5.53. The molecule has 0 aliphatic carbocycles. The highest BCUT2D eigenvalue weighted by molar-refractivity contribution is 5.82. The molecule has 2 aromatic carbocycles. The molecule has 0 aliphatic heterocycles.